The van der Waals surface area contributed by atoms with Gasteiger partial charge in [0, 0.05) is 17.7 Å². The first-order valence-corrected chi connectivity index (χ1v) is 6.11. The molecule has 0 aliphatic heterocycles. The second-order valence-corrected chi connectivity index (χ2v) is 4.31. The van der Waals surface area contributed by atoms with E-state index in [1.54, 1.807) is 6.20 Å². The molecule has 0 amide bonds. The highest BCUT2D eigenvalue weighted by atomic mass is 35.5. The third-order valence-corrected chi connectivity index (χ3v) is 2.87. The molecule has 18 heavy (non-hydrogen) atoms. The van der Waals surface area contributed by atoms with Crippen LogP contribution in [0, 0.1) is 13.8 Å². The normalized spacial score (nSPS) is 10.4. The molecule has 0 aliphatic rings. The van der Waals surface area contributed by atoms with E-state index in [2.05, 4.69) is 15.0 Å². The second kappa shape index (κ2) is 5.31. The minimum Gasteiger partial charge on any atom is -0.437 e. The number of ether oxygens (including phenoxy) is 1. The highest BCUT2D eigenvalue weighted by Crippen LogP contribution is 2.26. The molecule has 0 N–H and O–H groups in total. The maximum absolute atomic E-state index is 6.04. The Balaban J connectivity index is 2.33. The van der Waals surface area contributed by atoms with Crippen LogP contribution in [0.1, 0.15) is 24.0 Å². The van der Waals surface area contributed by atoms with Crippen LogP contribution in [0.5, 0.6) is 11.6 Å². The maximum atomic E-state index is 6.04. The standard InChI is InChI=1S/C13H14ClN3O/c1-4-11-16-12(14)9(3)13(17-11)18-10-6-5-8(2)15-7-10/h5-7H,4H2,1-3H3. The van der Waals surface area contributed by atoms with Gasteiger partial charge >= 0.3 is 0 Å². The molecule has 0 unspecified atom stereocenters. The largest absolute Gasteiger partial charge is 0.437 e. The van der Waals surface area contributed by atoms with Crippen molar-refractivity contribution < 1.29 is 4.74 Å². The molecule has 0 bridgehead atoms. The van der Waals surface area contributed by atoms with E-state index in [1.807, 2.05) is 32.9 Å². The van der Waals surface area contributed by atoms with Gasteiger partial charge in [0.15, 0.2) is 0 Å². The van der Waals surface area contributed by atoms with E-state index in [0.29, 0.717) is 29.0 Å². The lowest BCUT2D eigenvalue weighted by Crippen LogP contribution is -2.00. The van der Waals surface area contributed by atoms with Crippen LogP contribution < -0.4 is 4.74 Å². The second-order valence-electron chi connectivity index (χ2n) is 3.95. The zero-order valence-electron chi connectivity index (χ0n) is 10.6. The van der Waals surface area contributed by atoms with Gasteiger partial charge in [-0.05, 0) is 26.0 Å². The van der Waals surface area contributed by atoms with Gasteiger partial charge in [0.05, 0.1) is 6.20 Å². The average molecular weight is 264 g/mol. The Kier molecular flexibility index (Phi) is 3.77. The summed E-state index contributed by atoms with van der Waals surface area (Å²) in [5.41, 5.74) is 1.67. The van der Waals surface area contributed by atoms with Gasteiger partial charge in [-0.1, -0.05) is 18.5 Å². The molecule has 2 rings (SSSR count). The van der Waals surface area contributed by atoms with Gasteiger partial charge in [-0.3, -0.25) is 4.98 Å². The van der Waals surface area contributed by atoms with Crippen LogP contribution in [0.15, 0.2) is 18.3 Å². The molecule has 2 aromatic heterocycles. The highest BCUT2D eigenvalue weighted by molar-refractivity contribution is 6.30. The van der Waals surface area contributed by atoms with Gasteiger partial charge in [0.1, 0.15) is 16.7 Å². The quantitative estimate of drug-likeness (QED) is 0.796. The predicted octanol–water partition coefficient (Wildman–Crippen LogP) is 3.50. The molecule has 0 spiro atoms. The van der Waals surface area contributed by atoms with Gasteiger partial charge in [0.25, 0.3) is 0 Å². The summed E-state index contributed by atoms with van der Waals surface area (Å²) in [4.78, 5) is 12.7. The molecule has 0 radical (unpaired) electrons. The molecule has 2 aromatic rings. The van der Waals surface area contributed by atoms with Crippen molar-refractivity contribution in [1.82, 2.24) is 15.0 Å². The van der Waals surface area contributed by atoms with Crippen molar-refractivity contribution in [2.75, 3.05) is 0 Å². The van der Waals surface area contributed by atoms with Crippen LogP contribution in [0.25, 0.3) is 0 Å². The Bertz CT molecular complexity index is 555. The van der Waals surface area contributed by atoms with Crippen LogP contribution in [0.3, 0.4) is 0 Å². The SMILES string of the molecule is CCc1nc(Cl)c(C)c(Oc2ccc(C)nc2)n1. The topological polar surface area (TPSA) is 47.9 Å². The fourth-order valence-corrected chi connectivity index (χ4v) is 1.57. The molecule has 0 saturated carbocycles. The van der Waals surface area contributed by atoms with Crippen molar-refractivity contribution in [3.8, 4) is 11.6 Å². The van der Waals surface area contributed by atoms with Crippen LogP contribution >= 0.6 is 11.6 Å². The summed E-state index contributed by atoms with van der Waals surface area (Å²) in [6.07, 6.45) is 2.37. The summed E-state index contributed by atoms with van der Waals surface area (Å²) < 4.78 is 5.69. The maximum Gasteiger partial charge on any atom is 0.227 e. The Hall–Kier alpha value is -1.68. The summed E-state index contributed by atoms with van der Waals surface area (Å²) in [6, 6.07) is 3.73. The van der Waals surface area contributed by atoms with Crippen LogP contribution in [0.2, 0.25) is 5.15 Å². The lowest BCUT2D eigenvalue weighted by atomic mass is 10.3. The van der Waals surface area contributed by atoms with Gasteiger partial charge < -0.3 is 4.74 Å². The molecular formula is C13H14ClN3O. The molecule has 0 atom stereocenters. The molecule has 2 heterocycles. The van der Waals surface area contributed by atoms with Gasteiger partial charge in [-0.15, -0.1) is 0 Å². The summed E-state index contributed by atoms with van der Waals surface area (Å²) in [6.45, 7) is 5.72. The Morgan fingerprint density at radius 3 is 2.61 bits per heavy atom. The lowest BCUT2D eigenvalue weighted by Gasteiger charge is -2.09. The monoisotopic (exact) mass is 263 g/mol. The van der Waals surface area contributed by atoms with E-state index in [4.69, 9.17) is 16.3 Å². The number of hydrogen-bond acceptors (Lipinski definition) is 4. The minimum absolute atomic E-state index is 0.428. The number of halogens is 1. The molecule has 5 heteroatoms. The van der Waals surface area contributed by atoms with E-state index in [-0.39, 0.29) is 0 Å². The number of rotatable bonds is 3. The van der Waals surface area contributed by atoms with Crippen LogP contribution in [-0.2, 0) is 6.42 Å². The Labute approximate surface area is 111 Å². The van der Waals surface area contributed by atoms with Crippen molar-refractivity contribution in [2.24, 2.45) is 0 Å². The van der Waals surface area contributed by atoms with E-state index in [0.717, 1.165) is 11.3 Å². The van der Waals surface area contributed by atoms with Crippen molar-refractivity contribution in [3.63, 3.8) is 0 Å². The molecule has 0 saturated heterocycles. The zero-order chi connectivity index (χ0) is 13.1. The van der Waals surface area contributed by atoms with Crippen molar-refractivity contribution in [3.05, 3.63) is 40.6 Å². The first-order valence-electron chi connectivity index (χ1n) is 5.73. The molecule has 0 aromatic carbocycles. The fourth-order valence-electron chi connectivity index (χ4n) is 1.40. The molecule has 0 fully saturated rings. The van der Waals surface area contributed by atoms with Gasteiger partial charge in [-0.2, -0.15) is 4.98 Å². The van der Waals surface area contributed by atoms with E-state index in [1.165, 1.54) is 0 Å². The summed E-state index contributed by atoms with van der Waals surface area (Å²) in [5.74, 6) is 1.79. The van der Waals surface area contributed by atoms with Crippen molar-refractivity contribution in [2.45, 2.75) is 27.2 Å². The first kappa shape index (κ1) is 12.8. The molecule has 94 valence electrons. The number of nitrogens with zero attached hydrogens (tertiary/aromatic N) is 3. The predicted molar refractivity (Wildman–Crippen MR) is 70.2 cm³/mol. The molecular weight excluding hydrogens is 250 g/mol. The fraction of sp³-hybridized carbons (Fsp3) is 0.308. The van der Waals surface area contributed by atoms with E-state index in [9.17, 15) is 0 Å². The zero-order valence-corrected chi connectivity index (χ0v) is 11.3. The smallest absolute Gasteiger partial charge is 0.227 e. The first-order chi connectivity index (χ1) is 8.60. The number of hydrogen-bond donors (Lipinski definition) is 0. The molecule has 0 aliphatic carbocycles. The molecule has 4 nitrogen and oxygen atoms in total. The Morgan fingerprint density at radius 2 is 2.00 bits per heavy atom. The lowest BCUT2D eigenvalue weighted by molar-refractivity contribution is 0.452. The minimum atomic E-state index is 0.428. The van der Waals surface area contributed by atoms with Gasteiger partial charge in [-0.25, -0.2) is 4.98 Å². The highest BCUT2D eigenvalue weighted by Gasteiger charge is 2.10. The Morgan fingerprint density at radius 1 is 1.22 bits per heavy atom. The summed E-state index contributed by atoms with van der Waals surface area (Å²) in [5, 5.41) is 0.428. The van der Waals surface area contributed by atoms with Crippen LogP contribution in [0.4, 0.5) is 0 Å². The third-order valence-electron chi connectivity index (χ3n) is 2.50. The van der Waals surface area contributed by atoms with Gasteiger partial charge in [0.2, 0.25) is 5.88 Å². The number of aromatic nitrogens is 3. The van der Waals surface area contributed by atoms with E-state index >= 15 is 0 Å². The average Bonchev–Trinajstić information content (AvgIpc) is 2.37. The number of aryl methyl sites for hydroxylation is 2. The van der Waals surface area contributed by atoms with E-state index < -0.39 is 0 Å². The number of pyridine rings is 1. The van der Waals surface area contributed by atoms with Crippen molar-refractivity contribution >= 4 is 11.6 Å². The summed E-state index contributed by atoms with van der Waals surface area (Å²) in [7, 11) is 0. The third kappa shape index (κ3) is 2.76. The summed E-state index contributed by atoms with van der Waals surface area (Å²) >= 11 is 6.04. The van der Waals surface area contributed by atoms with Crippen LogP contribution in [-0.4, -0.2) is 15.0 Å². The van der Waals surface area contributed by atoms with Crippen molar-refractivity contribution in [1.29, 1.82) is 0 Å².